The summed E-state index contributed by atoms with van der Waals surface area (Å²) in [7, 11) is 0. The molecule has 0 amide bonds. The quantitative estimate of drug-likeness (QED) is 0.328. The molecule has 176 valence electrons. The van der Waals surface area contributed by atoms with E-state index in [0.29, 0.717) is 23.8 Å². The summed E-state index contributed by atoms with van der Waals surface area (Å²) in [6.07, 6.45) is 0.991. The summed E-state index contributed by atoms with van der Waals surface area (Å²) in [6, 6.07) is 15.1. The van der Waals surface area contributed by atoms with E-state index in [9.17, 15) is 14.4 Å². The lowest BCUT2D eigenvalue weighted by Crippen LogP contribution is -2.32. The highest BCUT2D eigenvalue weighted by Gasteiger charge is 2.30. The summed E-state index contributed by atoms with van der Waals surface area (Å²) in [4.78, 5) is 12.8. The van der Waals surface area contributed by atoms with Gasteiger partial charge in [0.1, 0.15) is 17.4 Å². The van der Waals surface area contributed by atoms with E-state index in [1.54, 1.807) is 24.3 Å². The van der Waals surface area contributed by atoms with Crippen molar-refractivity contribution < 1.29 is 23.4 Å². The number of hydrogen-bond acceptors (Lipinski definition) is 5. The van der Waals surface area contributed by atoms with E-state index in [4.69, 9.17) is 37.4 Å². The van der Waals surface area contributed by atoms with Crippen molar-refractivity contribution in [3.8, 4) is 23.3 Å². The standard InChI is InChI=1S/C26H22Cl2FNO4/c1-15(26(31)18(14-30)11-20-3-2-8-32-20)33-24-13-25(23(29)12-22(24)28)34-21-7-5-16-4-6-19(27)9-17(16)10-21/h4-7,9-10,12-13,15,18,20H,2-3,8,11H2,1H3. The van der Waals surface area contributed by atoms with Crippen LogP contribution in [0.15, 0.2) is 48.5 Å². The maximum absolute atomic E-state index is 14.6. The van der Waals surface area contributed by atoms with Crippen molar-refractivity contribution in [2.45, 2.75) is 38.4 Å². The molecule has 5 nitrogen and oxygen atoms in total. The molecule has 1 heterocycles. The van der Waals surface area contributed by atoms with E-state index >= 15 is 0 Å². The molecule has 0 radical (unpaired) electrons. The van der Waals surface area contributed by atoms with E-state index in [1.807, 2.05) is 18.2 Å². The molecule has 3 unspecified atom stereocenters. The molecule has 0 bridgehead atoms. The predicted molar refractivity (Wildman–Crippen MR) is 128 cm³/mol. The third kappa shape index (κ3) is 5.61. The van der Waals surface area contributed by atoms with Gasteiger partial charge in [0.15, 0.2) is 23.5 Å². The van der Waals surface area contributed by atoms with Crippen molar-refractivity contribution in [1.82, 2.24) is 0 Å². The molecule has 8 heteroatoms. The van der Waals surface area contributed by atoms with Crippen LogP contribution in [0.25, 0.3) is 10.8 Å². The zero-order valence-electron chi connectivity index (χ0n) is 18.4. The molecule has 0 N–H and O–H groups in total. The molecular weight excluding hydrogens is 480 g/mol. The van der Waals surface area contributed by atoms with Gasteiger partial charge in [-0.25, -0.2) is 4.39 Å². The number of carbonyl (C=O) groups excluding carboxylic acids is 1. The van der Waals surface area contributed by atoms with Crippen molar-refractivity contribution in [3.63, 3.8) is 0 Å². The van der Waals surface area contributed by atoms with Gasteiger partial charge in [0, 0.05) is 23.8 Å². The Labute approximate surface area is 206 Å². The number of nitrogens with zero attached hydrogens (tertiary/aromatic N) is 1. The first-order valence-corrected chi connectivity index (χ1v) is 11.7. The molecule has 0 aromatic heterocycles. The van der Waals surface area contributed by atoms with E-state index in [0.717, 1.165) is 29.7 Å². The molecule has 0 saturated carbocycles. The highest BCUT2D eigenvalue weighted by atomic mass is 35.5. The Bertz CT molecular complexity index is 1250. The highest BCUT2D eigenvalue weighted by Crippen LogP contribution is 2.36. The Morgan fingerprint density at radius 2 is 1.97 bits per heavy atom. The number of carbonyl (C=O) groups is 1. The fourth-order valence-electron chi connectivity index (χ4n) is 3.92. The van der Waals surface area contributed by atoms with Gasteiger partial charge in [0.05, 0.1) is 17.2 Å². The lowest BCUT2D eigenvalue weighted by molar-refractivity contribution is -0.128. The van der Waals surface area contributed by atoms with Crippen LogP contribution in [0.1, 0.15) is 26.2 Å². The number of nitriles is 1. The van der Waals surface area contributed by atoms with E-state index in [1.165, 1.54) is 13.0 Å². The van der Waals surface area contributed by atoms with Crippen LogP contribution in [0.4, 0.5) is 4.39 Å². The Morgan fingerprint density at radius 1 is 1.18 bits per heavy atom. The number of fused-ring (bicyclic) bond motifs is 1. The van der Waals surface area contributed by atoms with Crippen LogP contribution < -0.4 is 9.47 Å². The summed E-state index contributed by atoms with van der Waals surface area (Å²) >= 11 is 12.2. The number of ether oxygens (including phenoxy) is 3. The smallest absolute Gasteiger partial charge is 0.190 e. The second kappa shape index (κ2) is 10.6. The third-order valence-electron chi connectivity index (χ3n) is 5.71. The van der Waals surface area contributed by atoms with Crippen molar-refractivity contribution in [3.05, 3.63) is 64.4 Å². The number of halogens is 3. The maximum Gasteiger partial charge on any atom is 0.190 e. The van der Waals surface area contributed by atoms with Crippen LogP contribution in [0.5, 0.6) is 17.2 Å². The first-order chi connectivity index (χ1) is 16.3. The molecule has 3 atom stereocenters. The Kier molecular flexibility index (Phi) is 7.57. The Hall–Kier alpha value is -2.85. The van der Waals surface area contributed by atoms with Crippen LogP contribution >= 0.6 is 23.2 Å². The SMILES string of the molecule is CC(Oc1cc(Oc2ccc3ccc(Cl)cc3c2)c(F)cc1Cl)C(=O)C(C#N)CC1CCCO1. The average molecular weight is 502 g/mol. The van der Waals surface area contributed by atoms with Crippen LogP contribution in [-0.2, 0) is 9.53 Å². The number of hydrogen-bond donors (Lipinski definition) is 0. The zero-order chi connectivity index (χ0) is 24.2. The first kappa shape index (κ1) is 24.3. The number of rotatable bonds is 8. The van der Waals surface area contributed by atoms with Gasteiger partial charge in [-0.15, -0.1) is 0 Å². The van der Waals surface area contributed by atoms with Gasteiger partial charge in [0.25, 0.3) is 0 Å². The number of ketones is 1. The Balaban J connectivity index is 1.50. The van der Waals surface area contributed by atoms with Crippen molar-refractivity contribution in [2.75, 3.05) is 6.61 Å². The van der Waals surface area contributed by atoms with Crippen LogP contribution in [0, 0.1) is 23.1 Å². The summed E-state index contributed by atoms with van der Waals surface area (Å²) in [5.74, 6) is -1.57. The Morgan fingerprint density at radius 3 is 2.71 bits per heavy atom. The van der Waals surface area contributed by atoms with Crippen molar-refractivity contribution >= 4 is 39.8 Å². The summed E-state index contributed by atoms with van der Waals surface area (Å²) in [5.41, 5.74) is 0. The topological polar surface area (TPSA) is 68.5 Å². The maximum atomic E-state index is 14.6. The third-order valence-corrected chi connectivity index (χ3v) is 6.24. The highest BCUT2D eigenvalue weighted by molar-refractivity contribution is 6.32. The molecule has 1 saturated heterocycles. The minimum absolute atomic E-state index is 0.0116. The normalized spacial score (nSPS) is 17.2. The van der Waals surface area contributed by atoms with Gasteiger partial charge >= 0.3 is 0 Å². The van der Waals surface area contributed by atoms with Gasteiger partial charge < -0.3 is 14.2 Å². The van der Waals surface area contributed by atoms with Gasteiger partial charge in [-0.2, -0.15) is 5.26 Å². The molecule has 34 heavy (non-hydrogen) atoms. The largest absolute Gasteiger partial charge is 0.481 e. The fourth-order valence-corrected chi connectivity index (χ4v) is 4.30. The van der Waals surface area contributed by atoms with Gasteiger partial charge in [-0.3, -0.25) is 4.79 Å². The van der Waals surface area contributed by atoms with Crippen LogP contribution in [-0.4, -0.2) is 24.6 Å². The first-order valence-electron chi connectivity index (χ1n) is 10.9. The van der Waals surface area contributed by atoms with E-state index in [-0.39, 0.29) is 28.4 Å². The second-order valence-corrected chi connectivity index (χ2v) is 9.03. The van der Waals surface area contributed by atoms with E-state index in [2.05, 4.69) is 0 Å². The predicted octanol–water partition coefficient (Wildman–Crippen LogP) is 7.12. The molecule has 3 aromatic rings. The van der Waals surface area contributed by atoms with Crippen LogP contribution in [0.3, 0.4) is 0 Å². The summed E-state index contributed by atoms with van der Waals surface area (Å²) in [6.45, 7) is 2.18. The number of benzene rings is 3. The minimum Gasteiger partial charge on any atom is -0.481 e. The molecule has 4 rings (SSSR count). The summed E-state index contributed by atoms with van der Waals surface area (Å²) < 4.78 is 31.6. The molecule has 1 aliphatic heterocycles. The molecule has 0 spiro atoms. The van der Waals surface area contributed by atoms with Crippen molar-refractivity contribution in [2.24, 2.45) is 5.92 Å². The summed E-state index contributed by atoms with van der Waals surface area (Å²) in [5, 5.41) is 11.8. The fraction of sp³-hybridized carbons (Fsp3) is 0.308. The zero-order valence-corrected chi connectivity index (χ0v) is 19.9. The van der Waals surface area contributed by atoms with Crippen molar-refractivity contribution in [1.29, 1.82) is 5.26 Å². The van der Waals surface area contributed by atoms with Gasteiger partial charge in [-0.05, 0) is 61.2 Å². The number of Topliss-reactive ketones (excluding diaryl/α,β-unsaturated/α-hetero) is 1. The molecule has 3 aromatic carbocycles. The molecule has 1 fully saturated rings. The van der Waals surface area contributed by atoms with Gasteiger partial charge in [0.2, 0.25) is 0 Å². The monoisotopic (exact) mass is 501 g/mol. The minimum atomic E-state index is -0.968. The molecule has 0 aliphatic carbocycles. The van der Waals surface area contributed by atoms with Crippen LogP contribution in [0.2, 0.25) is 10.0 Å². The average Bonchev–Trinajstić information content (AvgIpc) is 3.33. The lowest BCUT2D eigenvalue weighted by Gasteiger charge is -2.20. The van der Waals surface area contributed by atoms with Gasteiger partial charge in [-0.1, -0.05) is 35.3 Å². The van der Waals surface area contributed by atoms with E-state index < -0.39 is 17.8 Å². The molecule has 1 aliphatic rings. The lowest BCUT2D eigenvalue weighted by atomic mass is 9.94. The molecular formula is C26H22Cl2FNO4. The second-order valence-electron chi connectivity index (χ2n) is 8.18.